The van der Waals surface area contributed by atoms with Crippen LogP contribution in [0.2, 0.25) is 0 Å². The highest BCUT2D eigenvalue weighted by Crippen LogP contribution is 2.26. The van der Waals surface area contributed by atoms with Crippen LogP contribution in [0.3, 0.4) is 0 Å². The fourth-order valence-electron chi connectivity index (χ4n) is 2.52. The van der Waals surface area contributed by atoms with Crippen molar-refractivity contribution in [3.8, 4) is 11.4 Å². The van der Waals surface area contributed by atoms with Crippen molar-refractivity contribution in [2.45, 2.75) is 44.1 Å². The van der Waals surface area contributed by atoms with Crippen LogP contribution in [-0.4, -0.2) is 35.8 Å². The number of hydrogen-bond donors (Lipinski definition) is 2. The second-order valence-electron chi connectivity index (χ2n) is 6.55. The van der Waals surface area contributed by atoms with Gasteiger partial charge in [-0.1, -0.05) is 41.6 Å². The van der Waals surface area contributed by atoms with E-state index in [9.17, 15) is 4.79 Å². The van der Waals surface area contributed by atoms with Crippen LogP contribution in [0.25, 0.3) is 11.4 Å². The summed E-state index contributed by atoms with van der Waals surface area (Å²) < 4.78 is 3.17. The molecule has 3 aromatic rings. The van der Waals surface area contributed by atoms with Gasteiger partial charge in [0.2, 0.25) is 11.1 Å². The van der Waals surface area contributed by atoms with Crippen molar-refractivity contribution in [3.05, 3.63) is 42.1 Å². The second kappa shape index (κ2) is 7.83. The highest BCUT2D eigenvalue weighted by molar-refractivity contribution is 8.00. The summed E-state index contributed by atoms with van der Waals surface area (Å²) in [6.45, 7) is 7.83. The fourth-order valence-corrected chi connectivity index (χ4v) is 3.29. The lowest BCUT2D eigenvalue weighted by Crippen LogP contribution is -2.25. The summed E-state index contributed by atoms with van der Waals surface area (Å²) in [5.74, 6) is 7.22. The lowest BCUT2D eigenvalue weighted by atomic mass is 10.1. The monoisotopic (exact) mass is 385 g/mol. The zero-order chi connectivity index (χ0) is 19.6. The van der Waals surface area contributed by atoms with Crippen molar-refractivity contribution in [1.29, 1.82) is 0 Å². The van der Waals surface area contributed by atoms with Crippen LogP contribution in [0.1, 0.15) is 32.4 Å². The number of nitrogens with zero attached hydrogens (tertiary/aromatic N) is 5. The van der Waals surface area contributed by atoms with E-state index in [1.807, 2.05) is 45.0 Å². The van der Waals surface area contributed by atoms with Gasteiger partial charge in [0.15, 0.2) is 5.82 Å². The molecule has 0 bridgehead atoms. The molecular formula is C18H23N7OS. The van der Waals surface area contributed by atoms with Crippen molar-refractivity contribution >= 4 is 23.5 Å². The number of carbonyl (C=O) groups is 1. The lowest BCUT2D eigenvalue weighted by Gasteiger charge is -2.14. The first-order valence-electron chi connectivity index (χ1n) is 8.65. The summed E-state index contributed by atoms with van der Waals surface area (Å²) in [6.07, 6.45) is 1.66. The van der Waals surface area contributed by atoms with Gasteiger partial charge < -0.3 is 11.2 Å². The van der Waals surface area contributed by atoms with Crippen LogP contribution in [0.4, 0.5) is 5.82 Å². The molecule has 0 radical (unpaired) electrons. The molecule has 1 amide bonds. The number of rotatable bonds is 6. The van der Waals surface area contributed by atoms with Crippen molar-refractivity contribution in [2.75, 3.05) is 11.2 Å². The summed E-state index contributed by atoms with van der Waals surface area (Å²) in [6, 6.07) is 9.80. The molecule has 1 aromatic carbocycles. The van der Waals surface area contributed by atoms with Crippen molar-refractivity contribution < 1.29 is 4.79 Å². The van der Waals surface area contributed by atoms with Gasteiger partial charge in [0.1, 0.15) is 5.82 Å². The molecule has 0 saturated carbocycles. The van der Waals surface area contributed by atoms with E-state index >= 15 is 0 Å². The first-order valence-corrected chi connectivity index (χ1v) is 9.53. The zero-order valence-electron chi connectivity index (χ0n) is 15.7. The van der Waals surface area contributed by atoms with Gasteiger partial charge in [0, 0.05) is 17.7 Å². The van der Waals surface area contributed by atoms with Crippen LogP contribution in [0.5, 0.6) is 0 Å². The van der Waals surface area contributed by atoms with Gasteiger partial charge in [-0.3, -0.25) is 4.79 Å². The number of amides is 1. The third-order valence-corrected chi connectivity index (χ3v) is 5.09. The van der Waals surface area contributed by atoms with Gasteiger partial charge in [-0.15, -0.1) is 10.2 Å². The van der Waals surface area contributed by atoms with E-state index in [1.54, 1.807) is 23.9 Å². The Morgan fingerprint density at radius 3 is 2.52 bits per heavy atom. The third-order valence-electron chi connectivity index (χ3n) is 4.04. The predicted molar refractivity (Wildman–Crippen MR) is 107 cm³/mol. The third kappa shape index (κ3) is 4.13. The molecule has 0 saturated heterocycles. The largest absolute Gasteiger partial charge is 0.335 e. The number of hydrogen-bond acceptors (Lipinski definition) is 6. The number of thioether (sulfide) groups is 1. The number of benzene rings is 1. The molecule has 9 heteroatoms. The van der Waals surface area contributed by atoms with Crippen molar-refractivity contribution in [2.24, 2.45) is 0 Å². The standard InChI is InChI=1S/C18H23N7OS/c1-11(2)25-15(9-10-20-25)21-17(26)13(4)27-18-23-22-16(24(18)19)14-7-5-12(3)6-8-14/h5-11,13H,19H2,1-4H3,(H,21,26)/t13-/m0/s1. The average molecular weight is 385 g/mol. The Hall–Kier alpha value is -2.81. The second-order valence-corrected chi connectivity index (χ2v) is 7.85. The Morgan fingerprint density at radius 2 is 1.85 bits per heavy atom. The Balaban J connectivity index is 1.70. The molecule has 3 N–H and O–H groups in total. The normalized spacial score (nSPS) is 12.3. The summed E-state index contributed by atoms with van der Waals surface area (Å²) in [5, 5.41) is 15.5. The summed E-state index contributed by atoms with van der Waals surface area (Å²) in [5.41, 5.74) is 2.03. The molecule has 27 heavy (non-hydrogen) atoms. The van der Waals surface area contributed by atoms with E-state index in [0.717, 1.165) is 11.1 Å². The molecule has 0 aliphatic rings. The maximum Gasteiger partial charge on any atom is 0.238 e. The van der Waals surface area contributed by atoms with Gasteiger partial charge in [-0.25, -0.2) is 9.36 Å². The Kier molecular flexibility index (Phi) is 5.50. The fraction of sp³-hybridized carbons (Fsp3) is 0.333. The Morgan fingerprint density at radius 1 is 1.15 bits per heavy atom. The molecule has 0 unspecified atom stereocenters. The number of nitrogen functional groups attached to an aromatic ring is 1. The molecule has 0 aliphatic heterocycles. The molecule has 8 nitrogen and oxygen atoms in total. The lowest BCUT2D eigenvalue weighted by molar-refractivity contribution is -0.115. The van der Waals surface area contributed by atoms with E-state index in [2.05, 4.69) is 20.6 Å². The molecule has 0 aliphatic carbocycles. The summed E-state index contributed by atoms with van der Waals surface area (Å²) >= 11 is 1.26. The SMILES string of the molecule is Cc1ccc(-c2nnc(S[C@@H](C)C(=O)Nc3ccnn3C(C)C)n2N)cc1. The van der Waals surface area contributed by atoms with Crippen LogP contribution >= 0.6 is 11.8 Å². The summed E-state index contributed by atoms with van der Waals surface area (Å²) in [7, 11) is 0. The van der Waals surface area contributed by atoms with Gasteiger partial charge >= 0.3 is 0 Å². The smallest absolute Gasteiger partial charge is 0.238 e. The van der Waals surface area contributed by atoms with E-state index in [1.165, 1.54) is 16.4 Å². The number of carbonyl (C=O) groups excluding carboxylic acids is 1. The van der Waals surface area contributed by atoms with Crippen molar-refractivity contribution in [1.82, 2.24) is 24.7 Å². The van der Waals surface area contributed by atoms with Gasteiger partial charge in [-0.2, -0.15) is 5.10 Å². The first kappa shape index (κ1) is 19.0. The van der Waals surface area contributed by atoms with Crippen LogP contribution in [0, 0.1) is 6.92 Å². The Labute approximate surface area is 162 Å². The van der Waals surface area contributed by atoms with Gasteiger partial charge in [0.05, 0.1) is 11.4 Å². The van der Waals surface area contributed by atoms with Crippen LogP contribution in [-0.2, 0) is 4.79 Å². The minimum absolute atomic E-state index is 0.151. The topological polar surface area (TPSA) is 104 Å². The molecular weight excluding hydrogens is 362 g/mol. The molecule has 2 aromatic heterocycles. The van der Waals surface area contributed by atoms with E-state index in [4.69, 9.17) is 5.84 Å². The van der Waals surface area contributed by atoms with Crippen LogP contribution in [0.15, 0.2) is 41.7 Å². The van der Waals surface area contributed by atoms with Gasteiger partial charge in [-0.05, 0) is 27.7 Å². The molecule has 2 heterocycles. The number of anilines is 1. The van der Waals surface area contributed by atoms with Crippen molar-refractivity contribution in [3.63, 3.8) is 0 Å². The minimum atomic E-state index is -0.405. The molecule has 0 spiro atoms. The quantitative estimate of drug-likeness (QED) is 0.499. The summed E-state index contributed by atoms with van der Waals surface area (Å²) in [4.78, 5) is 12.5. The van der Waals surface area contributed by atoms with E-state index in [-0.39, 0.29) is 11.9 Å². The Bertz CT molecular complexity index is 930. The predicted octanol–water partition coefficient (Wildman–Crippen LogP) is 2.86. The number of nitrogens with one attached hydrogen (secondary N) is 1. The highest BCUT2D eigenvalue weighted by Gasteiger charge is 2.21. The van der Waals surface area contributed by atoms with Gasteiger partial charge in [0.25, 0.3) is 0 Å². The molecule has 0 fully saturated rings. The minimum Gasteiger partial charge on any atom is -0.335 e. The number of aromatic nitrogens is 5. The average Bonchev–Trinajstić information content (AvgIpc) is 3.23. The molecule has 1 atom stereocenters. The van der Waals surface area contributed by atoms with Crippen LogP contribution < -0.4 is 11.2 Å². The molecule has 3 rings (SSSR count). The van der Waals surface area contributed by atoms with E-state index < -0.39 is 5.25 Å². The number of nitrogens with two attached hydrogens (primary N) is 1. The maximum absolute atomic E-state index is 12.5. The zero-order valence-corrected chi connectivity index (χ0v) is 16.6. The van der Waals surface area contributed by atoms with E-state index in [0.29, 0.717) is 16.8 Å². The first-order chi connectivity index (χ1) is 12.9. The highest BCUT2D eigenvalue weighted by atomic mass is 32.2. The molecule has 142 valence electrons. The maximum atomic E-state index is 12.5. The number of aryl methyl sites for hydroxylation is 1.